The van der Waals surface area contributed by atoms with Crippen LogP contribution in [0, 0.1) is 0 Å². The zero-order chi connectivity index (χ0) is 17.4. The maximum absolute atomic E-state index is 12.5. The van der Waals surface area contributed by atoms with Gasteiger partial charge >= 0.3 is 5.97 Å². The Hall–Kier alpha value is -3.09. The van der Waals surface area contributed by atoms with Gasteiger partial charge in [0, 0.05) is 28.8 Å². The first-order valence-corrected chi connectivity index (χ1v) is 8.23. The average Bonchev–Trinajstić information content (AvgIpc) is 3.21. The highest BCUT2D eigenvalue weighted by Crippen LogP contribution is 2.26. The molecule has 1 aromatic carbocycles. The van der Waals surface area contributed by atoms with Gasteiger partial charge in [0.15, 0.2) is 5.69 Å². The highest BCUT2D eigenvalue weighted by atomic mass is 16.4. The molecule has 2 heterocycles. The number of H-pyrrole nitrogens is 1. The number of aromatic nitrogens is 2. The van der Waals surface area contributed by atoms with Crippen LogP contribution < -0.4 is 5.32 Å². The van der Waals surface area contributed by atoms with Crippen molar-refractivity contribution in [1.82, 2.24) is 15.5 Å². The molecule has 0 saturated heterocycles. The summed E-state index contributed by atoms with van der Waals surface area (Å²) in [6.45, 7) is 0.0686. The van der Waals surface area contributed by atoms with Crippen molar-refractivity contribution in [2.24, 2.45) is 0 Å². The van der Waals surface area contributed by atoms with Crippen LogP contribution in [0.3, 0.4) is 0 Å². The van der Waals surface area contributed by atoms with Crippen molar-refractivity contribution >= 4 is 22.8 Å². The lowest BCUT2D eigenvalue weighted by molar-refractivity contribution is 0.0662. The molecule has 0 saturated carbocycles. The van der Waals surface area contributed by atoms with Gasteiger partial charge < -0.3 is 14.8 Å². The third-order valence-electron chi connectivity index (χ3n) is 4.59. The van der Waals surface area contributed by atoms with E-state index in [1.807, 2.05) is 0 Å². The molecule has 7 heteroatoms. The van der Waals surface area contributed by atoms with Crippen molar-refractivity contribution in [3.05, 3.63) is 52.5 Å². The monoisotopic (exact) mass is 339 g/mol. The van der Waals surface area contributed by atoms with Gasteiger partial charge in [0.2, 0.25) is 5.76 Å². The number of aryl methyl sites for hydroxylation is 1. The Morgan fingerprint density at radius 2 is 2.04 bits per heavy atom. The fourth-order valence-corrected chi connectivity index (χ4v) is 3.37. The molecule has 128 valence electrons. The summed E-state index contributed by atoms with van der Waals surface area (Å²) in [5, 5.41) is 19.9. The Balaban J connectivity index is 1.60. The molecule has 3 N–H and O–H groups in total. The fraction of sp³-hybridized carbons (Fsp3) is 0.278. The molecule has 1 amide bonds. The van der Waals surface area contributed by atoms with Crippen molar-refractivity contribution in [2.75, 3.05) is 0 Å². The molecule has 1 aliphatic rings. The predicted octanol–water partition coefficient (Wildman–Crippen LogP) is 2.66. The number of carboxylic acids is 1. The van der Waals surface area contributed by atoms with Crippen molar-refractivity contribution in [3.8, 4) is 0 Å². The molecule has 4 rings (SSSR count). The minimum absolute atomic E-state index is 0.0686. The molecular weight excluding hydrogens is 322 g/mol. The second kappa shape index (κ2) is 6.08. The summed E-state index contributed by atoms with van der Waals surface area (Å²) in [6.07, 6.45) is 3.89. The zero-order valence-electron chi connectivity index (χ0n) is 13.5. The second-order valence-corrected chi connectivity index (χ2v) is 6.13. The van der Waals surface area contributed by atoms with E-state index >= 15 is 0 Å². The van der Waals surface area contributed by atoms with Crippen LogP contribution in [0.5, 0.6) is 0 Å². The number of carbonyl (C=O) groups excluding carboxylic acids is 1. The number of furan rings is 1. The van der Waals surface area contributed by atoms with E-state index in [0.29, 0.717) is 22.2 Å². The third kappa shape index (κ3) is 2.67. The maximum Gasteiger partial charge on any atom is 0.372 e. The van der Waals surface area contributed by atoms with E-state index in [1.165, 1.54) is 0 Å². The topological polar surface area (TPSA) is 108 Å². The zero-order valence-corrected chi connectivity index (χ0v) is 13.5. The molecule has 0 aliphatic heterocycles. The molecule has 2 aromatic heterocycles. The number of carbonyl (C=O) groups is 2. The first kappa shape index (κ1) is 15.4. The number of para-hydroxylation sites is 1. The minimum Gasteiger partial charge on any atom is -0.475 e. The molecule has 0 atom stereocenters. The molecule has 0 unspecified atom stereocenters. The van der Waals surface area contributed by atoms with Crippen LogP contribution in [0.25, 0.3) is 11.0 Å². The standard InChI is InChI=1S/C18H17N3O4/c22-17(15-11-6-1-3-7-13(11)20-21-15)19-9-12-10-5-2-4-8-14(10)25-16(12)18(23)24/h2,4-5,8H,1,3,6-7,9H2,(H,19,22)(H,20,21)(H,23,24). The van der Waals surface area contributed by atoms with E-state index in [1.54, 1.807) is 24.3 Å². The van der Waals surface area contributed by atoms with Gasteiger partial charge in [-0.15, -0.1) is 0 Å². The number of hydrogen-bond acceptors (Lipinski definition) is 4. The number of carboxylic acid groups (broad SMARTS) is 1. The Morgan fingerprint density at radius 1 is 1.24 bits per heavy atom. The maximum atomic E-state index is 12.5. The smallest absolute Gasteiger partial charge is 0.372 e. The molecule has 0 spiro atoms. The Morgan fingerprint density at radius 3 is 2.88 bits per heavy atom. The van der Waals surface area contributed by atoms with Crippen LogP contribution in [-0.2, 0) is 19.4 Å². The summed E-state index contributed by atoms with van der Waals surface area (Å²) in [5.74, 6) is -1.61. The molecule has 25 heavy (non-hydrogen) atoms. The number of hydrogen-bond donors (Lipinski definition) is 3. The molecule has 7 nitrogen and oxygen atoms in total. The number of nitrogens with one attached hydrogen (secondary N) is 2. The summed E-state index contributed by atoms with van der Waals surface area (Å²) in [6, 6.07) is 7.06. The molecule has 3 aromatic rings. The number of aromatic amines is 1. The van der Waals surface area contributed by atoms with Gasteiger partial charge in [0.05, 0.1) is 0 Å². The highest BCUT2D eigenvalue weighted by Gasteiger charge is 2.24. The van der Waals surface area contributed by atoms with Crippen molar-refractivity contribution in [2.45, 2.75) is 32.2 Å². The van der Waals surface area contributed by atoms with Gasteiger partial charge in [-0.1, -0.05) is 18.2 Å². The largest absolute Gasteiger partial charge is 0.475 e. The van der Waals surface area contributed by atoms with Crippen LogP contribution in [0.15, 0.2) is 28.7 Å². The normalized spacial score (nSPS) is 13.6. The van der Waals surface area contributed by atoms with Crippen molar-refractivity contribution in [1.29, 1.82) is 0 Å². The van der Waals surface area contributed by atoms with Gasteiger partial charge in [-0.25, -0.2) is 4.79 Å². The number of fused-ring (bicyclic) bond motifs is 2. The minimum atomic E-state index is -1.16. The van der Waals surface area contributed by atoms with E-state index < -0.39 is 5.97 Å². The molecular formula is C18H17N3O4. The second-order valence-electron chi connectivity index (χ2n) is 6.13. The van der Waals surface area contributed by atoms with Gasteiger partial charge in [-0.2, -0.15) is 5.10 Å². The van der Waals surface area contributed by atoms with E-state index in [4.69, 9.17) is 4.42 Å². The number of amides is 1. The molecule has 1 aliphatic carbocycles. The van der Waals surface area contributed by atoms with Crippen LogP contribution in [0.2, 0.25) is 0 Å². The summed E-state index contributed by atoms with van der Waals surface area (Å²) < 4.78 is 5.40. The number of nitrogens with zero attached hydrogens (tertiary/aromatic N) is 1. The van der Waals surface area contributed by atoms with Crippen molar-refractivity contribution in [3.63, 3.8) is 0 Å². The van der Waals surface area contributed by atoms with Crippen molar-refractivity contribution < 1.29 is 19.1 Å². The lowest BCUT2D eigenvalue weighted by Crippen LogP contribution is -2.25. The summed E-state index contributed by atoms with van der Waals surface area (Å²) in [7, 11) is 0. The quantitative estimate of drug-likeness (QED) is 0.677. The van der Waals surface area contributed by atoms with E-state index in [9.17, 15) is 14.7 Å². The highest BCUT2D eigenvalue weighted by molar-refractivity contribution is 5.97. The van der Waals surface area contributed by atoms with Gasteiger partial charge in [-0.05, 0) is 31.7 Å². The first-order chi connectivity index (χ1) is 12.1. The number of benzene rings is 1. The van der Waals surface area contributed by atoms with E-state index in [2.05, 4.69) is 15.5 Å². The van der Waals surface area contributed by atoms with Gasteiger partial charge in [-0.3, -0.25) is 9.89 Å². The summed E-state index contributed by atoms with van der Waals surface area (Å²) in [4.78, 5) is 24.0. The van der Waals surface area contributed by atoms with Crippen LogP contribution >= 0.6 is 0 Å². The van der Waals surface area contributed by atoms with E-state index in [0.717, 1.165) is 36.9 Å². The lowest BCUT2D eigenvalue weighted by atomic mass is 9.96. The Kier molecular flexibility index (Phi) is 3.76. The Labute approximate surface area is 143 Å². The fourth-order valence-electron chi connectivity index (χ4n) is 3.37. The molecule has 0 fully saturated rings. The van der Waals surface area contributed by atoms with Gasteiger partial charge in [0.25, 0.3) is 5.91 Å². The number of rotatable bonds is 4. The van der Waals surface area contributed by atoms with Crippen LogP contribution in [0.4, 0.5) is 0 Å². The summed E-state index contributed by atoms with van der Waals surface area (Å²) in [5.41, 5.74) is 3.34. The summed E-state index contributed by atoms with van der Waals surface area (Å²) >= 11 is 0. The van der Waals surface area contributed by atoms with Crippen LogP contribution in [0.1, 0.15) is 50.7 Å². The van der Waals surface area contributed by atoms with Gasteiger partial charge in [0.1, 0.15) is 5.58 Å². The predicted molar refractivity (Wildman–Crippen MR) is 89.6 cm³/mol. The number of aromatic carboxylic acids is 1. The van der Waals surface area contributed by atoms with E-state index in [-0.39, 0.29) is 18.2 Å². The SMILES string of the molecule is O=C(NCc1c(C(=O)O)oc2ccccc12)c1n[nH]c2c1CCCC2. The lowest BCUT2D eigenvalue weighted by Gasteiger charge is -2.11. The average molecular weight is 339 g/mol. The first-order valence-electron chi connectivity index (χ1n) is 8.23. The molecule has 0 radical (unpaired) electrons. The Bertz CT molecular complexity index is 970. The third-order valence-corrected chi connectivity index (χ3v) is 4.59. The van der Waals surface area contributed by atoms with Crippen LogP contribution in [-0.4, -0.2) is 27.2 Å². The molecule has 0 bridgehead atoms.